The normalized spacial score (nSPS) is 25.6. The predicted molar refractivity (Wildman–Crippen MR) is 91.3 cm³/mol. The third-order valence-corrected chi connectivity index (χ3v) is 4.91. The molecule has 2 atom stereocenters. The molecule has 23 heavy (non-hydrogen) atoms. The molecule has 1 aliphatic carbocycles. The molecule has 0 spiro atoms. The molecule has 1 saturated heterocycles. The molecule has 6 nitrogen and oxygen atoms in total. The van der Waals surface area contributed by atoms with Gasteiger partial charge >= 0.3 is 6.03 Å². The van der Waals surface area contributed by atoms with Crippen LogP contribution < -0.4 is 21.3 Å². The summed E-state index contributed by atoms with van der Waals surface area (Å²) in [5, 5.41) is 12.3. The lowest BCUT2D eigenvalue weighted by atomic mass is 9.96. The summed E-state index contributed by atoms with van der Waals surface area (Å²) in [6.45, 7) is 3.69. The minimum absolute atomic E-state index is 0.0834. The zero-order valence-corrected chi connectivity index (χ0v) is 14.3. The van der Waals surface area contributed by atoms with Gasteiger partial charge < -0.3 is 21.3 Å². The molecule has 0 aromatic rings. The van der Waals surface area contributed by atoms with E-state index in [4.69, 9.17) is 0 Å². The minimum Gasteiger partial charge on any atom is -0.352 e. The molecule has 1 saturated carbocycles. The zero-order valence-electron chi connectivity index (χ0n) is 14.3. The molecule has 2 rings (SSSR count). The van der Waals surface area contributed by atoms with Crippen LogP contribution in [0, 0.1) is 0 Å². The Labute approximate surface area is 139 Å². The number of amides is 3. The number of nitrogens with one attached hydrogen (secondary N) is 4. The lowest BCUT2D eigenvalue weighted by Gasteiger charge is -2.30. The number of piperidine rings is 1. The highest BCUT2D eigenvalue weighted by Crippen LogP contribution is 2.17. The van der Waals surface area contributed by atoms with Crippen LogP contribution in [0.1, 0.15) is 64.7 Å². The first-order valence-corrected chi connectivity index (χ1v) is 9.22. The third kappa shape index (κ3) is 6.77. The summed E-state index contributed by atoms with van der Waals surface area (Å²) in [7, 11) is 0. The van der Waals surface area contributed by atoms with Gasteiger partial charge in [0.2, 0.25) is 5.91 Å². The van der Waals surface area contributed by atoms with Crippen LogP contribution in [0.2, 0.25) is 0 Å². The largest absolute Gasteiger partial charge is 0.352 e. The average molecular weight is 324 g/mol. The highest BCUT2D eigenvalue weighted by atomic mass is 16.2. The van der Waals surface area contributed by atoms with Gasteiger partial charge in [-0.15, -0.1) is 0 Å². The monoisotopic (exact) mass is 324 g/mol. The second-order valence-electron chi connectivity index (χ2n) is 6.90. The van der Waals surface area contributed by atoms with Crippen molar-refractivity contribution in [3.05, 3.63) is 0 Å². The molecule has 0 aromatic carbocycles. The van der Waals surface area contributed by atoms with E-state index in [-0.39, 0.29) is 18.0 Å². The van der Waals surface area contributed by atoms with Crippen molar-refractivity contribution in [2.24, 2.45) is 0 Å². The Morgan fingerprint density at radius 2 is 1.83 bits per heavy atom. The van der Waals surface area contributed by atoms with Crippen LogP contribution in [0.4, 0.5) is 4.79 Å². The molecule has 132 valence electrons. The SMILES string of the molecule is CC1NCCCC1NC(=O)CCCNC(=O)NC1CCCCC1. The number of urea groups is 1. The van der Waals surface area contributed by atoms with Gasteiger partial charge in [-0.3, -0.25) is 4.79 Å². The molecule has 0 radical (unpaired) electrons. The molecule has 1 heterocycles. The fourth-order valence-corrected chi connectivity index (χ4v) is 3.45. The summed E-state index contributed by atoms with van der Waals surface area (Å²) in [4.78, 5) is 23.7. The van der Waals surface area contributed by atoms with Crippen molar-refractivity contribution in [3.8, 4) is 0 Å². The standard InChI is InChI=1S/C17H32N4O2/c1-13-15(9-5-11-18-13)21-16(22)10-6-12-19-17(23)20-14-7-3-2-4-8-14/h13-15,18H,2-12H2,1H3,(H,21,22)(H2,19,20,23). The molecule has 2 fully saturated rings. The van der Waals surface area contributed by atoms with E-state index in [2.05, 4.69) is 28.2 Å². The molecule has 6 heteroatoms. The lowest BCUT2D eigenvalue weighted by molar-refractivity contribution is -0.122. The van der Waals surface area contributed by atoms with Crippen molar-refractivity contribution in [1.29, 1.82) is 0 Å². The molecular formula is C17H32N4O2. The van der Waals surface area contributed by atoms with E-state index >= 15 is 0 Å². The van der Waals surface area contributed by atoms with Gasteiger partial charge in [-0.25, -0.2) is 4.79 Å². The number of hydrogen-bond donors (Lipinski definition) is 4. The van der Waals surface area contributed by atoms with Gasteiger partial charge in [0.1, 0.15) is 0 Å². The molecule has 0 bridgehead atoms. The number of hydrogen-bond acceptors (Lipinski definition) is 3. The zero-order chi connectivity index (χ0) is 16.5. The Morgan fingerprint density at radius 1 is 1.04 bits per heavy atom. The van der Waals surface area contributed by atoms with E-state index in [0.717, 1.165) is 32.2 Å². The number of rotatable bonds is 6. The van der Waals surface area contributed by atoms with Crippen molar-refractivity contribution >= 4 is 11.9 Å². The Kier molecular flexibility index (Phi) is 7.65. The second-order valence-corrected chi connectivity index (χ2v) is 6.90. The molecule has 4 N–H and O–H groups in total. The summed E-state index contributed by atoms with van der Waals surface area (Å²) in [5.74, 6) is 0.0834. The topological polar surface area (TPSA) is 82.3 Å². The van der Waals surface area contributed by atoms with Crippen molar-refractivity contribution in [2.45, 2.75) is 82.8 Å². The quantitative estimate of drug-likeness (QED) is 0.561. The van der Waals surface area contributed by atoms with Gasteiger partial charge in [0.25, 0.3) is 0 Å². The summed E-state index contributed by atoms with van der Waals surface area (Å²) in [5.41, 5.74) is 0. The lowest BCUT2D eigenvalue weighted by Crippen LogP contribution is -2.52. The van der Waals surface area contributed by atoms with Crippen LogP contribution in [-0.4, -0.2) is 43.2 Å². The van der Waals surface area contributed by atoms with Crippen molar-refractivity contribution < 1.29 is 9.59 Å². The van der Waals surface area contributed by atoms with Crippen molar-refractivity contribution in [2.75, 3.05) is 13.1 Å². The van der Waals surface area contributed by atoms with E-state index in [1.807, 2.05) is 0 Å². The van der Waals surface area contributed by atoms with Crippen LogP contribution in [0.5, 0.6) is 0 Å². The van der Waals surface area contributed by atoms with Crippen molar-refractivity contribution in [1.82, 2.24) is 21.3 Å². The van der Waals surface area contributed by atoms with Crippen LogP contribution in [0.25, 0.3) is 0 Å². The summed E-state index contributed by atoms with van der Waals surface area (Å²) in [6, 6.07) is 0.806. The molecule has 2 unspecified atom stereocenters. The summed E-state index contributed by atoms with van der Waals surface area (Å²) < 4.78 is 0. The van der Waals surface area contributed by atoms with E-state index in [1.165, 1.54) is 19.3 Å². The maximum absolute atomic E-state index is 12.0. The molecular weight excluding hydrogens is 292 g/mol. The summed E-state index contributed by atoms with van der Waals surface area (Å²) in [6.07, 6.45) is 9.17. The summed E-state index contributed by atoms with van der Waals surface area (Å²) >= 11 is 0. The van der Waals surface area contributed by atoms with Crippen LogP contribution in [-0.2, 0) is 4.79 Å². The van der Waals surface area contributed by atoms with Gasteiger partial charge in [0.15, 0.2) is 0 Å². The number of carbonyl (C=O) groups is 2. The first-order valence-electron chi connectivity index (χ1n) is 9.22. The highest BCUT2D eigenvalue weighted by Gasteiger charge is 2.22. The van der Waals surface area contributed by atoms with E-state index in [9.17, 15) is 9.59 Å². The van der Waals surface area contributed by atoms with Gasteiger partial charge in [0, 0.05) is 31.1 Å². The fourth-order valence-electron chi connectivity index (χ4n) is 3.45. The van der Waals surface area contributed by atoms with Gasteiger partial charge in [-0.1, -0.05) is 19.3 Å². The smallest absolute Gasteiger partial charge is 0.315 e. The maximum atomic E-state index is 12.0. The Hall–Kier alpha value is -1.30. The predicted octanol–water partition coefficient (Wildman–Crippen LogP) is 1.66. The van der Waals surface area contributed by atoms with Gasteiger partial charge in [-0.2, -0.15) is 0 Å². The Balaban J connectivity index is 1.52. The minimum atomic E-state index is -0.0950. The first kappa shape index (κ1) is 18.0. The van der Waals surface area contributed by atoms with E-state index < -0.39 is 0 Å². The third-order valence-electron chi connectivity index (χ3n) is 4.91. The fraction of sp³-hybridized carbons (Fsp3) is 0.882. The van der Waals surface area contributed by atoms with Gasteiger partial charge in [0.05, 0.1) is 0 Å². The van der Waals surface area contributed by atoms with E-state index in [0.29, 0.717) is 31.5 Å². The van der Waals surface area contributed by atoms with Crippen LogP contribution >= 0.6 is 0 Å². The first-order chi connectivity index (χ1) is 11.1. The Bertz CT molecular complexity index is 383. The van der Waals surface area contributed by atoms with Crippen LogP contribution in [0.15, 0.2) is 0 Å². The van der Waals surface area contributed by atoms with Crippen molar-refractivity contribution in [3.63, 3.8) is 0 Å². The molecule has 2 aliphatic rings. The highest BCUT2D eigenvalue weighted by molar-refractivity contribution is 5.76. The molecule has 3 amide bonds. The number of carbonyl (C=O) groups excluding carboxylic acids is 2. The van der Waals surface area contributed by atoms with Crippen LogP contribution in [0.3, 0.4) is 0 Å². The van der Waals surface area contributed by atoms with Gasteiger partial charge in [-0.05, 0) is 45.6 Å². The Morgan fingerprint density at radius 3 is 2.57 bits per heavy atom. The maximum Gasteiger partial charge on any atom is 0.315 e. The molecule has 0 aromatic heterocycles. The van der Waals surface area contributed by atoms with E-state index in [1.54, 1.807) is 0 Å². The average Bonchev–Trinajstić information content (AvgIpc) is 2.55. The second kappa shape index (κ2) is 9.75. The molecule has 1 aliphatic heterocycles.